The highest BCUT2D eigenvalue weighted by molar-refractivity contribution is 9.10. The number of amides is 1. The molecule has 1 heterocycles. The SMILES string of the molecule is COCCNCC(=O)N(Cc1cccn1Cc1ccc(Br)cc1)C1CCCCC1. The summed E-state index contributed by atoms with van der Waals surface area (Å²) < 4.78 is 8.41. The Bertz CT molecular complexity index is 754. The molecular formula is C23H32BrN3O2. The van der Waals surface area contributed by atoms with Gasteiger partial charge >= 0.3 is 0 Å². The Labute approximate surface area is 182 Å². The number of benzene rings is 1. The highest BCUT2D eigenvalue weighted by Gasteiger charge is 2.26. The van der Waals surface area contributed by atoms with Gasteiger partial charge in [-0.15, -0.1) is 0 Å². The normalized spacial score (nSPS) is 14.8. The predicted molar refractivity (Wildman–Crippen MR) is 120 cm³/mol. The molecule has 1 aliphatic rings. The van der Waals surface area contributed by atoms with Crippen molar-refractivity contribution in [1.82, 2.24) is 14.8 Å². The quantitative estimate of drug-likeness (QED) is 0.539. The second kappa shape index (κ2) is 11.5. The summed E-state index contributed by atoms with van der Waals surface area (Å²) in [5.41, 5.74) is 2.44. The number of carbonyl (C=O) groups is 1. The van der Waals surface area contributed by atoms with E-state index in [-0.39, 0.29) is 5.91 Å². The van der Waals surface area contributed by atoms with Gasteiger partial charge in [0, 0.05) is 42.6 Å². The molecule has 3 rings (SSSR count). The molecule has 0 unspecified atom stereocenters. The maximum absolute atomic E-state index is 13.0. The average Bonchev–Trinajstić information content (AvgIpc) is 3.18. The largest absolute Gasteiger partial charge is 0.383 e. The van der Waals surface area contributed by atoms with Crippen molar-refractivity contribution in [3.63, 3.8) is 0 Å². The molecule has 2 aromatic rings. The highest BCUT2D eigenvalue weighted by atomic mass is 79.9. The monoisotopic (exact) mass is 461 g/mol. The van der Waals surface area contributed by atoms with Gasteiger partial charge in [0.2, 0.25) is 5.91 Å². The van der Waals surface area contributed by atoms with Crippen LogP contribution in [0.5, 0.6) is 0 Å². The molecule has 0 atom stereocenters. The van der Waals surface area contributed by atoms with Gasteiger partial charge in [0.25, 0.3) is 0 Å². The van der Waals surface area contributed by atoms with Crippen LogP contribution in [0.4, 0.5) is 0 Å². The number of nitrogens with one attached hydrogen (secondary N) is 1. The molecule has 1 aromatic carbocycles. The summed E-state index contributed by atoms with van der Waals surface area (Å²) >= 11 is 3.50. The van der Waals surface area contributed by atoms with E-state index in [0.29, 0.717) is 32.3 Å². The van der Waals surface area contributed by atoms with Crippen LogP contribution in [-0.2, 0) is 22.6 Å². The lowest BCUT2D eigenvalue weighted by Crippen LogP contribution is -2.45. The Morgan fingerprint density at radius 3 is 2.69 bits per heavy atom. The third kappa shape index (κ3) is 6.69. The van der Waals surface area contributed by atoms with E-state index >= 15 is 0 Å². The Morgan fingerprint density at radius 2 is 1.97 bits per heavy atom. The molecule has 1 fully saturated rings. The van der Waals surface area contributed by atoms with Crippen LogP contribution in [0, 0.1) is 0 Å². The molecule has 0 spiro atoms. The van der Waals surface area contributed by atoms with Crippen LogP contribution in [0.2, 0.25) is 0 Å². The van der Waals surface area contributed by atoms with Crippen molar-refractivity contribution < 1.29 is 9.53 Å². The molecule has 1 N–H and O–H groups in total. The van der Waals surface area contributed by atoms with E-state index in [1.54, 1.807) is 7.11 Å². The lowest BCUT2D eigenvalue weighted by atomic mass is 9.94. The van der Waals surface area contributed by atoms with Crippen LogP contribution >= 0.6 is 15.9 Å². The first-order chi connectivity index (χ1) is 14.2. The van der Waals surface area contributed by atoms with E-state index in [4.69, 9.17) is 4.74 Å². The number of hydrogen-bond donors (Lipinski definition) is 1. The minimum atomic E-state index is 0.185. The smallest absolute Gasteiger partial charge is 0.237 e. The maximum Gasteiger partial charge on any atom is 0.237 e. The average molecular weight is 462 g/mol. The second-order valence-corrected chi connectivity index (χ2v) is 8.65. The van der Waals surface area contributed by atoms with Gasteiger partial charge in [-0.3, -0.25) is 4.79 Å². The van der Waals surface area contributed by atoms with E-state index in [9.17, 15) is 4.79 Å². The molecule has 0 aliphatic heterocycles. The van der Waals surface area contributed by atoms with Gasteiger partial charge in [0.05, 0.1) is 19.7 Å². The van der Waals surface area contributed by atoms with E-state index in [1.165, 1.54) is 30.5 Å². The third-order valence-electron chi connectivity index (χ3n) is 5.62. The van der Waals surface area contributed by atoms with Crippen molar-refractivity contribution >= 4 is 21.8 Å². The lowest BCUT2D eigenvalue weighted by molar-refractivity contribution is -0.134. The van der Waals surface area contributed by atoms with Gasteiger partial charge in [-0.05, 0) is 42.7 Å². The molecule has 0 radical (unpaired) electrons. The zero-order chi connectivity index (χ0) is 20.5. The van der Waals surface area contributed by atoms with Crippen LogP contribution in [0.15, 0.2) is 47.1 Å². The van der Waals surface area contributed by atoms with E-state index in [0.717, 1.165) is 23.9 Å². The third-order valence-corrected chi connectivity index (χ3v) is 6.15. The van der Waals surface area contributed by atoms with Crippen molar-refractivity contribution in [1.29, 1.82) is 0 Å². The molecule has 5 nitrogen and oxygen atoms in total. The summed E-state index contributed by atoms with van der Waals surface area (Å²) in [4.78, 5) is 15.2. The fraction of sp³-hybridized carbons (Fsp3) is 0.522. The van der Waals surface area contributed by atoms with Gasteiger partial charge < -0.3 is 19.5 Å². The molecule has 0 bridgehead atoms. The van der Waals surface area contributed by atoms with E-state index < -0.39 is 0 Å². The molecule has 1 aliphatic carbocycles. The molecule has 1 aromatic heterocycles. The van der Waals surface area contributed by atoms with Crippen LogP contribution in [-0.4, -0.2) is 48.2 Å². The number of rotatable bonds is 10. The summed E-state index contributed by atoms with van der Waals surface area (Å²) in [6, 6.07) is 13.0. The van der Waals surface area contributed by atoms with Gasteiger partial charge in [-0.25, -0.2) is 0 Å². The Hall–Kier alpha value is -1.63. The fourth-order valence-corrected chi connectivity index (χ4v) is 4.26. The summed E-state index contributed by atoms with van der Waals surface area (Å²) in [6.45, 7) is 3.16. The van der Waals surface area contributed by atoms with Gasteiger partial charge in [-0.2, -0.15) is 0 Å². The number of halogens is 1. The minimum absolute atomic E-state index is 0.185. The van der Waals surface area contributed by atoms with Gasteiger partial charge in [0.15, 0.2) is 0 Å². The number of aromatic nitrogens is 1. The zero-order valence-corrected chi connectivity index (χ0v) is 18.9. The van der Waals surface area contributed by atoms with Crippen molar-refractivity contribution in [3.8, 4) is 0 Å². The molecule has 158 valence electrons. The standard InChI is InChI=1S/C23H32BrN3O2/c1-29-15-13-25-16-23(28)27(21-6-3-2-4-7-21)18-22-8-5-14-26(22)17-19-9-11-20(24)12-10-19/h5,8-12,14,21,25H,2-4,6-7,13,15-18H2,1H3. The Balaban J connectivity index is 1.69. The van der Waals surface area contributed by atoms with Crippen molar-refractivity contribution in [2.24, 2.45) is 0 Å². The van der Waals surface area contributed by atoms with E-state index in [2.05, 4.69) is 73.3 Å². The first-order valence-corrected chi connectivity index (χ1v) is 11.3. The number of nitrogens with zero attached hydrogens (tertiary/aromatic N) is 2. The van der Waals surface area contributed by atoms with Gasteiger partial charge in [-0.1, -0.05) is 47.3 Å². The first kappa shape index (κ1) is 22.1. The molecule has 29 heavy (non-hydrogen) atoms. The predicted octanol–water partition coefficient (Wildman–Crippen LogP) is 4.20. The number of methoxy groups -OCH3 is 1. The van der Waals surface area contributed by atoms with E-state index in [1.807, 2.05) is 0 Å². The number of ether oxygens (including phenoxy) is 1. The number of carbonyl (C=O) groups excluding carboxylic acids is 1. The molecule has 1 saturated carbocycles. The van der Waals surface area contributed by atoms with Crippen LogP contribution in [0.1, 0.15) is 43.4 Å². The fourth-order valence-electron chi connectivity index (χ4n) is 3.99. The van der Waals surface area contributed by atoms with Gasteiger partial charge in [0.1, 0.15) is 0 Å². The summed E-state index contributed by atoms with van der Waals surface area (Å²) in [7, 11) is 1.68. The van der Waals surface area contributed by atoms with Crippen LogP contribution in [0.3, 0.4) is 0 Å². The maximum atomic E-state index is 13.0. The van der Waals surface area contributed by atoms with Crippen molar-refractivity contribution in [2.45, 2.75) is 51.2 Å². The Morgan fingerprint density at radius 1 is 1.21 bits per heavy atom. The summed E-state index contributed by atoms with van der Waals surface area (Å²) in [6.07, 6.45) is 8.04. The second-order valence-electron chi connectivity index (χ2n) is 7.74. The summed E-state index contributed by atoms with van der Waals surface area (Å²) in [5, 5.41) is 3.22. The minimum Gasteiger partial charge on any atom is -0.383 e. The number of hydrogen-bond acceptors (Lipinski definition) is 3. The molecule has 0 saturated heterocycles. The van der Waals surface area contributed by atoms with Crippen molar-refractivity contribution in [3.05, 3.63) is 58.3 Å². The molecule has 6 heteroatoms. The van der Waals surface area contributed by atoms with Crippen LogP contribution < -0.4 is 5.32 Å². The topological polar surface area (TPSA) is 46.5 Å². The molecular weight excluding hydrogens is 430 g/mol. The molecule has 1 amide bonds. The highest BCUT2D eigenvalue weighted by Crippen LogP contribution is 2.24. The van der Waals surface area contributed by atoms with Crippen LogP contribution in [0.25, 0.3) is 0 Å². The zero-order valence-electron chi connectivity index (χ0n) is 17.3. The summed E-state index contributed by atoms with van der Waals surface area (Å²) in [5.74, 6) is 0.185. The first-order valence-electron chi connectivity index (χ1n) is 10.5. The van der Waals surface area contributed by atoms with Crippen molar-refractivity contribution in [2.75, 3.05) is 26.8 Å². The lowest BCUT2D eigenvalue weighted by Gasteiger charge is -2.35. The Kier molecular flexibility index (Phi) is 8.77.